The van der Waals surface area contributed by atoms with Crippen LogP contribution in [0.3, 0.4) is 0 Å². The topological polar surface area (TPSA) is 86.3 Å². The summed E-state index contributed by atoms with van der Waals surface area (Å²) in [6, 6.07) is 9.13. The number of fused-ring (bicyclic) bond motifs is 1. The molecule has 0 spiro atoms. The van der Waals surface area contributed by atoms with Gasteiger partial charge in [-0.05, 0) is 70.7 Å². The Bertz CT molecular complexity index is 1210. The predicted octanol–water partition coefficient (Wildman–Crippen LogP) is 6.27. The Labute approximate surface area is 259 Å². The van der Waals surface area contributed by atoms with Crippen molar-refractivity contribution >= 4 is 11.0 Å². The summed E-state index contributed by atoms with van der Waals surface area (Å²) in [5, 5.41) is 10.2. The molecule has 3 aromatic rings. The lowest BCUT2D eigenvalue weighted by atomic mass is 10.2. The van der Waals surface area contributed by atoms with E-state index in [4.69, 9.17) is 19.2 Å². The molecule has 0 aliphatic rings. The van der Waals surface area contributed by atoms with E-state index in [0.29, 0.717) is 37.1 Å². The molecule has 0 atom stereocenters. The number of ether oxygens (including phenoxy) is 3. The Hall–Kier alpha value is -3.01. The maximum absolute atomic E-state index is 10.2. The van der Waals surface area contributed by atoms with Gasteiger partial charge in [-0.15, -0.1) is 0 Å². The summed E-state index contributed by atoms with van der Waals surface area (Å²) in [6.45, 7) is 23.8. The third-order valence-corrected chi connectivity index (χ3v) is 7.95. The lowest BCUT2D eigenvalue weighted by Gasteiger charge is -2.20. The Kier molecular flexibility index (Phi) is 14.9. The number of phenols is 1. The van der Waals surface area contributed by atoms with Crippen LogP contribution in [0, 0.1) is 0 Å². The van der Waals surface area contributed by atoms with Crippen molar-refractivity contribution in [2.24, 2.45) is 0 Å². The molecule has 0 bridgehead atoms. The molecule has 0 unspecified atom stereocenters. The van der Waals surface area contributed by atoms with Gasteiger partial charge in [-0.25, -0.2) is 4.98 Å². The van der Waals surface area contributed by atoms with Crippen LogP contribution >= 0.6 is 0 Å². The first kappa shape index (κ1) is 34.5. The van der Waals surface area contributed by atoms with Crippen molar-refractivity contribution in [3.8, 4) is 34.4 Å². The van der Waals surface area contributed by atoms with Crippen molar-refractivity contribution in [3.63, 3.8) is 0 Å². The van der Waals surface area contributed by atoms with Crippen molar-refractivity contribution in [2.75, 3.05) is 78.7 Å². The second kappa shape index (κ2) is 18.6. The molecule has 0 fully saturated rings. The highest BCUT2D eigenvalue weighted by atomic mass is 16.5. The van der Waals surface area contributed by atoms with Crippen LogP contribution in [0.5, 0.6) is 23.0 Å². The molecule has 43 heavy (non-hydrogen) atoms. The van der Waals surface area contributed by atoms with Crippen molar-refractivity contribution in [3.05, 3.63) is 30.3 Å². The first-order valence-corrected chi connectivity index (χ1v) is 16.4. The zero-order valence-electron chi connectivity index (χ0n) is 27.5. The highest BCUT2D eigenvalue weighted by molar-refractivity contribution is 5.87. The van der Waals surface area contributed by atoms with E-state index in [9.17, 15) is 5.11 Å². The standard InChI is InChI=1S/C34H55N5O4/c1-7-17-39(12-6)20-23-43-31-24-27(40)15-16-29(31)34-35-30-25-28(41-21-13-18-37(8-2)9-3)26-32(33(30)36-34)42-22-14-19-38(10-4)11-5/h15-16,24-26,40H,7-14,17-23H2,1-6H3,(H,35,36). The average Bonchev–Trinajstić information content (AvgIpc) is 3.45. The Morgan fingerprint density at radius 3 is 1.93 bits per heavy atom. The number of aromatic hydroxyl groups is 1. The summed E-state index contributed by atoms with van der Waals surface area (Å²) in [7, 11) is 0. The van der Waals surface area contributed by atoms with Crippen LogP contribution in [-0.2, 0) is 0 Å². The van der Waals surface area contributed by atoms with Crippen LogP contribution in [0.15, 0.2) is 30.3 Å². The van der Waals surface area contributed by atoms with E-state index in [0.717, 1.165) is 101 Å². The fourth-order valence-corrected chi connectivity index (χ4v) is 5.26. The van der Waals surface area contributed by atoms with E-state index in [1.165, 1.54) is 0 Å². The lowest BCUT2D eigenvalue weighted by molar-refractivity contribution is 0.216. The molecule has 0 saturated heterocycles. The molecule has 9 nitrogen and oxygen atoms in total. The average molecular weight is 598 g/mol. The number of rotatable bonds is 22. The summed E-state index contributed by atoms with van der Waals surface area (Å²) in [6.07, 6.45) is 2.99. The molecule has 0 aliphatic heterocycles. The number of nitrogens with one attached hydrogen (secondary N) is 1. The molecule has 240 valence electrons. The fraction of sp³-hybridized carbons (Fsp3) is 0.618. The number of likely N-dealkylation sites (N-methyl/N-ethyl adjacent to an activating group) is 1. The molecular weight excluding hydrogens is 542 g/mol. The summed E-state index contributed by atoms with van der Waals surface area (Å²) in [5.74, 6) is 2.89. The van der Waals surface area contributed by atoms with E-state index in [1.807, 2.05) is 18.2 Å². The van der Waals surface area contributed by atoms with Crippen molar-refractivity contribution in [1.29, 1.82) is 0 Å². The molecule has 1 aromatic heterocycles. The number of hydrogen-bond donors (Lipinski definition) is 2. The van der Waals surface area contributed by atoms with E-state index in [-0.39, 0.29) is 5.75 Å². The molecule has 2 N–H and O–H groups in total. The third-order valence-electron chi connectivity index (χ3n) is 7.95. The van der Waals surface area contributed by atoms with Gasteiger partial charge >= 0.3 is 0 Å². The molecule has 0 radical (unpaired) electrons. The lowest BCUT2D eigenvalue weighted by Crippen LogP contribution is -2.29. The number of aromatic nitrogens is 2. The number of imidazole rings is 1. The monoisotopic (exact) mass is 597 g/mol. The zero-order valence-corrected chi connectivity index (χ0v) is 27.5. The van der Waals surface area contributed by atoms with Gasteiger partial charge in [0.1, 0.15) is 35.2 Å². The summed E-state index contributed by atoms with van der Waals surface area (Å²) in [5.41, 5.74) is 2.39. The molecular formula is C34H55N5O4. The highest BCUT2D eigenvalue weighted by Gasteiger charge is 2.17. The fourth-order valence-electron chi connectivity index (χ4n) is 5.26. The highest BCUT2D eigenvalue weighted by Crippen LogP contribution is 2.36. The second-order valence-electron chi connectivity index (χ2n) is 10.8. The van der Waals surface area contributed by atoms with Crippen LogP contribution in [0.1, 0.15) is 60.8 Å². The number of H-pyrrole nitrogens is 1. The zero-order chi connectivity index (χ0) is 31.0. The van der Waals surface area contributed by atoms with Crippen LogP contribution in [0.4, 0.5) is 0 Å². The number of phenolic OH excluding ortho intramolecular Hbond substituents is 1. The van der Waals surface area contributed by atoms with Crippen molar-refractivity contribution in [1.82, 2.24) is 24.7 Å². The second-order valence-corrected chi connectivity index (χ2v) is 10.8. The van der Waals surface area contributed by atoms with Crippen LogP contribution in [0.2, 0.25) is 0 Å². The maximum atomic E-state index is 10.2. The molecule has 2 aromatic carbocycles. The maximum Gasteiger partial charge on any atom is 0.150 e. The van der Waals surface area contributed by atoms with Gasteiger partial charge in [0.05, 0.1) is 24.3 Å². The van der Waals surface area contributed by atoms with E-state index >= 15 is 0 Å². The molecule has 3 rings (SSSR count). The summed E-state index contributed by atoms with van der Waals surface area (Å²) in [4.78, 5) is 15.6. The summed E-state index contributed by atoms with van der Waals surface area (Å²) < 4.78 is 18.7. The van der Waals surface area contributed by atoms with Crippen LogP contribution in [0.25, 0.3) is 22.4 Å². The minimum Gasteiger partial charge on any atom is -0.508 e. The molecule has 1 heterocycles. The smallest absolute Gasteiger partial charge is 0.150 e. The van der Waals surface area contributed by atoms with Gasteiger partial charge in [0.25, 0.3) is 0 Å². The minimum absolute atomic E-state index is 0.161. The van der Waals surface area contributed by atoms with E-state index in [1.54, 1.807) is 12.1 Å². The van der Waals surface area contributed by atoms with Crippen LogP contribution < -0.4 is 14.2 Å². The molecule has 9 heteroatoms. The molecule has 0 amide bonds. The number of hydrogen-bond acceptors (Lipinski definition) is 8. The van der Waals surface area contributed by atoms with Gasteiger partial charge in [0, 0.05) is 37.8 Å². The Morgan fingerprint density at radius 1 is 0.674 bits per heavy atom. The van der Waals surface area contributed by atoms with Gasteiger partial charge in [0.15, 0.2) is 5.75 Å². The normalized spacial score (nSPS) is 11.7. The first-order valence-electron chi connectivity index (χ1n) is 16.4. The number of benzene rings is 2. The minimum atomic E-state index is 0.161. The number of aromatic amines is 1. The van der Waals surface area contributed by atoms with Crippen LogP contribution in [-0.4, -0.2) is 108 Å². The van der Waals surface area contributed by atoms with Gasteiger partial charge in [-0.1, -0.05) is 41.5 Å². The van der Waals surface area contributed by atoms with Gasteiger partial charge in [-0.2, -0.15) is 0 Å². The predicted molar refractivity (Wildman–Crippen MR) is 177 cm³/mol. The van der Waals surface area contributed by atoms with Gasteiger partial charge in [0.2, 0.25) is 0 Å². The third kappa shape index (κ3) is 10.6. The van der Waals surface area contributed by atoms with E-state index < -0.39 is 0 Å². The van der Waals surface area contributed by atoms with Crippen molar-refractivity contribution in [2.45, 2.75) is 60.8 Å². The Balaban J connectivity index is 1.84. The van der Waals surface area contributed by atoms with E-state index in [2.05, 4.69) is 61.2 Å². The Morgan fingerprint density at radius 2 is 1.30 bits per heavy atom. The number of nitrogens with zero attached hydrogens (tertiary/aromatic N) is 4. The SMILES string of the molecule is CCCN(CC)CCOc1cc(O)ccc1-c1nc2c(OCCCN(CC)CC)cc(OCCCN(CC)CC)cc2[nH]1. The quantitative estimate of drug-likeness (QED) is 0.131. The van der Waals surface area contributed by atoms with Crippen molar-refractivity contribution < 1.29 is 19.3 Å². The largest absolute Gasteiger partial charge is 0.508 e. The van der Waals surface area contributed by atoms with Gasteiger partial charge in [-0.3, -0.25) is 0 Å². The van der Waals surface area contributed by atoms with Gasteiger partial charge < -0.3 is 39.0 Å². The summed E-state index contributed by atoms with van der Waals surface area (Å²) >= 11 is 0. The molecule has 0 saturated carbocycles. The molecule has 0 aliphatic carbocycles. The first-order chi connectivity index (χ1) is 21.0.